The minimum atomic E-state index is 0.0196. The molecule has 0 aliphatic rings. The Balaban J connectivity index is 2.99. The van der Waals surface area contributed by atoms with Crippen LogP contribution in [0.1, 0.15) is 5.56 Å². The van der Waals surface area contributed by atoms with Crippen LogP contribution in [0.25, 0.3) is 6.08 Å². The van der Waals surface area contributed by atoms with Crippen LogP contribution in [0.3, 0.4) is 0 Å². The maximum absolute atomic E-state index is 8.59. The fourth-order valence-electron chi connectivity index (χ4n) is 1.00. The third-order valence-corrected chi connectivity index (χ3v) is 1.83. The highest BCUT2D eigenvalue weighted by atomic mass is 35.5. The largest absolute Gasteiger partial charge is 0.496 e. The van der Waals surface area contributed by atoms with Gasteiger partial charge >= 0.3 is 0 Å². The molecule has 1 aromatic carbocycles. The Hall–Kier alpha value is -0.990. The summed E-state index contributed by atoms with van der Waals surface area (Å²) < 4.78 is 5.11. The van der Waals surface area contributed by atoms with Gasteiger partial charge in [-0.05, 0) is 18.2 Å². The molecule has 0 bridgehead atoms. The first kappa shape index (κ1) is 10.1. The number of halogens is 1. The molecule has 0 amide bonds. The predicted octanol–water partition coefficient (Wildman–Crippen LogP) is 2.35. The van der Waals surface area contributed by atoms with E-state index < -0.39 is 0 Å². The van der Waals surface area contributed by atoms with Gasteiger partial charge in [0.2, 0.25) is 0 Å². The van der Waals surface area contributed by atoms with Crippen molar-refractivity contribution >= 4 is 17.7 Å². The number of aliphatic hydroxyl groups is 1. The summed E-state index contributed by atoms with van der Waals surface area (Å²) in [5, 5.41) is 9.23. The van der Waals surface area contributed by atoms with Gasteiger partial charge in [-0.2, -0.15) is 0 Å². The van der Waals surface area contributed by atoms with Crippen LogP contribution in [0.4, 0.5) is 0 Å². The van der Waals surface area contributed by atoms with E-state index in [9.17, 15) is 0 Å². The highest BCUT2D eigenvalue weighted by Crippen LogP contribution is 2.23. The summed E-state index contributed by atoms with van der Waals surface area (Å²) in [7, 11) is 1.59. The van der Waals surface area contributed by atoms with Gasteiger partial charge in [0.05, 0.1) is 13.7 Å². The van der Waals surface area contributed by atoms with E-state index in [-0.39, 0.29) is 6.61 Å². The smallest absolute Gasteiger partial charge is 0.127 e. The van der Waals surface area contributed by atoms with Gasteiger partial charge in [0.1, 0.15) is 5.75 Å². The first-order chi connectivity index (χ1) is 6.27. The second-order valence-electron chi connectivity index (χ2n) is 2.47. The SMILES string of the molecule is COc1cc(Cl)ccc1C=CCO. The molecule has 3 heteroatoms. The lowest BCUT2D eigenvalue weighted by molar-refractivity contribution is 0.343. The molecule has 2 nitrogen and oxygen atoms in total. The number of ether oxygens (including phenoxy) is 1. The third-order valence-electron chi connectivity index (χ3n) is 1.60. The average molecular weight is 199 g/mol. The van der Waals surface area contributed by atoms with Crippen LogP contribution in [0.15, 0.2) is 24.3 Å². The fraction of sp³-hybridized carbons (Fsp3) is 0.200. The molecule has 1 aromatic rings. The van der Waals surface area contributed by atoms with Gasteiger partial charge in [0.25, 0.3) is 0 Å². The van der Waals surface area contributed by atoms with Crippen LogP contribution in [0, 0.1) is 0 Å². The van der Waals surface area contributed by atoms with Crippen molar-refractivity contribution in [2.24, 2.45) is 0 Å². The molecule has 0 fully saturated rings. The molecule has 0 aromatic heterocycles. The van der Waals surface area contributed by atoms with Gasteiger partial charge < -0.3 is 9.84 Å². The van der Waals surface area contributed by atoms with Crippen LogP contribution in [-0.4, -0.2) is 18.8 Å². The van der Waals surface area contributed by atoms with Crippen LogP contribution in [-0.2, 0) is 0 Å². The minimum absolute atomic E-state index is 0.0196. The molecular formula is C10H11ClO2. The number of benzene rings is 1. The molecule has 0 saturated heterocycles. The Kier molecular flexibility index (Phi) is 3.80. The van der Waals surface area contributed by atoms with E-state index in [0.717, 1.165) is 5.56 Å². The molecule has 0 radical (unpaired) electrons. The lowest BCUT2D eigenvalue weighted by atomic mass is 10.2. The van der Waals surface area contributed by atoms with E-state index in [4.69, 9.17) is 21.4 Å². The second-order valence-corrected chi connectivity index (χ2v) is 2.91. The first-order valence-electron chi connectivity index (χ1n) is 3.89. The van der Waals surface area contributed by atoms with Crippen molar-refractivity contribution in [2.75, 3.05) is 13.7 Å². The molecule has 0 atom stereocenters. The lowest BCUT2D eigenvalue weighted by Gasteiger charge is -2.04. The Morgan fingerprint density at radius 3 is 2.92 bits per heavy atom. The van der Waals surface area contributed by atoms with E-state index in [1.807, 2.05) is 6.07 Å². The van der Waals surface area contributed by atoms with Crippen LogP contribution < -0.4 is 4.74 Å². The van der Waals surface area contributed by atoms with Gasteiger partial charge in [0.15, 0.2) is 0 Å². The Labute approximate surface area is 82.4 Å². The summed E-state index contributed by atoms with van der Waals surface area (Å²) in [4.78, 5) is 0. The van der Waals surface area contributed by atoms with E-state index in [1.165, 1.54) is 0 Å². The Morgan fingerprint density at radius 2 is 2.31 bits per heavy atom. The molecule has 70 valence electrons. The van der Waals surface area contributed by atoms with E-state index in [0.29, 0.717) is 10.8 Å². The molecule has 0 spiro atoms. The van der Waals surface area contributed by atoms with Crippen molar-refractivity contribution in [1.29, 1.82) is 0 Å². The van der Waals surface area contributed by atoms with Crippen LogP contribution >= 0.6 is 11.6 Å². The van der Waals surface area contributed by atoms with Crippen molar-refractivity contribution in [3.63, 3.8) is 0 Å². The predicted molar refractivity (Wildman–Crippen MR) is 54.1 cm³/mol. The molecule has 13 heavy (non-hydrogen) atoms. The molecule has 0 saturated carbocycles. The number of hydrogen-bond acceptors (Lipinski definition) is 2. The molecule has 0 heterocycles. The van der Waals surface area contributed by atoms with Crippen molar-refractivity contribution in [3.05, 3.63) is 34.9 Å². The molecule has 0 unspecified atom stereocenters. The van der Waals surface area contributed by atoms with Gasteiger partial charge in [-0.15, -0.1) is 0 Å². The normalized spacial score (nSPS) is 10.7. The van der Waals surface area contributed by atoms with Gasteiger partial charge in [-0.3, -0.25) is 0 Å². The topological polar surface area (TPSA) is 29.5 Å². The van der Waals surface area contributed by atoms with E-state index in [2.05, 4.69) is 0 Å². The Bertz CT molecular complexity index is 308. The second kappa shape index (κ2) is 4.90. The van der Waals surface area contributed by atoms with Crippen molar-refractivity contribution in [3.8, 4) is 5.75 Å². The van der Waals surface area contributed by atoms with Gasteiger partial charge in [-0.25, -0.2) is 0 Å². The van der Waals surface area contributed by atoms with Crippen LogP contribution in [0.2, 0.25) is 5.02 Å². The summed E-state index contributed by atoms with van der Waals surface area (Å²) in [5.41, 5.74) is 0.904. The number of hydrogen-bond donors (Lipinski definition) is 1. The summed E-state index contributed by atoms with van der Waals surface area (Å²) in [6, 6.07) is 5.35. The highest BCUT2D eigenvalue weighted by Gasteiger charge is 1.99. The molecular weight excluding hydrogens is 188 g/mol. The first-order valence-corrected chi connectivity index (χ1v) is 4.26. The fourth-order valence-corrected chi connectivity index (χ4v) is 1.16. The molecule has 1 rings (SSSR count). The summed E-state index contributed by atoms with van der Waals surface area (Å²) >= 11 is 5.78. The Morgan fingerprint density at radius 1 is 1.54 bits per heavy atom. The van der Waals surface area contributed by atoms with Gasteiger partial charge in [-0.1, -0.05) is 23.8 Å². The molecule has 0 aliphatic heterocycles. The zero-order valence-electron chi connectivity index (χ0n) is 7.33. The monoisotopic (exact) mass is 198 g/mol. The highest BCUT2D eigenvalue weighted by molar-refractivity contribution is 6.30. The summed E-state index contributed by atoms with van der Waals surface area (Å²) in [6.07, 6.45) is 3.43. The van der Waals surface area contributed by atoms with Gasteiger partial charge in [0, 0.05) is 10.6 Å². The minimum Gasteiger partial charge on any atom is -0.496 e. The zero-order valence-corrected chi connectivity index (χ0v) is 8.08. The van der Waals surface area contributed by atoms with Crippen molar-refractivity contribution in [2.45, 2.75) is 0 Å². The maximum atomic E-state index is 8.59. The van der Waals surface area contributed by atoms with Crippen molar-refractivity contribution in [1.82, 2.24) is 0 Å². The summed E-state index contributed by atoms with van der Waals surface area (Å²) in [5.74, 6) is 0.706. The third kappa shape index (κ3) is 2.76. The maximum Gasteiger partial charge on any atom is 0.127 e. The molecule has 1 N–H and O–H groups in total. The van der Waals surface area contributed by atoms with E-state index in [1.54, 1.807) is 31.4 Å². The quantitative estimate of drug-likeness (QED) is 0.808. The van der Waals surface area contributed by atoms with Crippen molar-refractivity contribution < 1.29 is 9.84 Å². The number of aliphatic hydroxyl groups excluding tert-OH is 1. The summed E-state index contributed by atoms with van der Waals surface area (Å²) in [6.45, 7) is 0.0196. The number of rotatable bonds is 3. The standard InChI is InChI=1S/C10H11ClO2/c1-13-10-7-9(11)5-4-8(10)3-2-6-12/h2-5,7,12H,6H2,1H3. The lowest BCUT2D eigenvalue weighted by Crippen LogP contribution is -1.86. The number of methoxy groups -OCH3 is 1. The van der Waals surface area contributed by atoms with Crippen LogP contribution in [0.5, 0.6) is 5.75 Å². The van der Waals surface area contributed by atoms with E-state index >= 15 is 0 Å². The zero-order chi connectivity index (χ0) is 9.68. The molecule has 0 aliphatic carbocycles. The average Bonchev–Trinajstić information content (AvgIpc) is 2.16.